The number of carbonyl (C=O) groups is 1. The number of terminal acetylenes is 1. The van der Waals surface area contributed by atoms with Gasteiger partial charge in [-0.3, -0.25) is 4.79 Å². The number of benzene rings is 1. The van der Waals surface area contributed by atoms with Gasteiger partial charge in [0.15, 0.2) is 0 Å². The van der Waals surface area contributed by atoms with Crippen LogP contribution in [0, 0.1) is 35.0 Å². The van der Waals surface area contributed by atoms with Gasteiger partial charge in [-0.15, -0.1) is 6.42 Å². The number of hydrogen-bond acceptors (Lipinski definition) is 2. The van der Waals surface area contributed by atoms with Crippen molar-refractivity contribution in [3.63, 3.8) is 0 Å². The first-order chi connectivity index (χ1) is 14.3. The molecule has 0 aromatic heterocycles. The van der Waals surface area contributed by atoms with Crippen molar-refractivity contribution < 1.29 is 4.79 Å². The summed E-state index contributed by atoms with van der Waals surface area (Å²) in [6, 6.07) is 11.1. The molecule has 4 saturated carbocycles. The highest BCUT2D eigenvalue weighted by molar-refractivity contribution is 5.84. The molecule has 30 heavy (non-hydrogen) atoms. The maximum Gasteiger partial charge on any atom is 0.228 e. The highest BCUT2D eigenvalue weighted by Gasteiger charge is 2.63. The van der Waals surface area contributed by atoms with Gasteiger partial charge in [0.05, 0.1) is 5.41 Å². The van der Waals surface area contributed by atoms with Crippen molar-refractivity contribution in [3.8, 4) is 12.3 Å². The number of likely N-dealkylation sites (tertiary alicyclic amines) is 1. The summed E-state index contributed by atoms with van der Waals surface area (Å²) in [5, 5.41) is 0. The Labute approximate surface area is 181 Å². The average molecular weight is 403 g/mol. The van der Waals surface area contributed by atoms with E-state index < -0.39 is 0 Å². The SMILES string of the molecule is C#CC=C1C2CC3(C(=O)N4CC[C@H](N)C(C)(C)C4)CC1CC(c1ccccc1)(C2)C3. The highest BCUT2D eigenvalue weighted by Crippen LogP contribution is 2.67. The van der Waals surface area contributed by atoms with E-state index in [2.05, 4.69) is 55.0 Å². The van der Waals surface area contributed by atoms with Crippen LogP contribution in [0.4, 0.5) is 0 Å². The number of allylic oxidation sites excluding steroid dienone is 2. The fourth-order valence-electron chi connectivity index (χ4n) is 7.53. The maximum absolute atomic E-state index is 14.1. The van der Waals surface area contributed by atoms with E-state index in [1.807, 2.05) is 6.08 Å². The van der Waals surface area contributed by atoms with Crippen LogP contribution in [0.5, 0.6) is 0 Å². The Morgan fingerprint density at radius 2 is 1.83 bits per heavy atom. The molecule has 1 saturated heterocycles. The van der Waals surface area contributed by atoms with Crippen LogP contribution in [0.25, 0.3) is 0 Å². The van der Waals surface area contributed by atoms with Crippen LogP contribution in [0.15, 0.2) is 42.0 Å². The van der Waals surface area contributed by atoms with Crippen LogP contribution in [0.3, 0.4) is 0 Å². The molecule has 1 aliphatic heterocycles. The molecular weight excluding hydrogens is 368 g/mol. The molecule has 1 aromatic rings. The molecule has 3 heteroatoms. The van der Waals surface area contributed by atoms with Gasteiger partial charge >= 0.3 is 0 Å². The molecular formula is C27H34N2O. The molecule has 2 N–H and O–H groups in total. The summed E-state index contributed by atoms with van der Waals surface area (Å²) < 4.78 is 0. The average Bonchev–Trinajstić information content (AvgIpc) is 2.72. The van der Waals surface area contributed by atoms with Gasteiger partial charge in [0, 0.05) is 19.1 Å². The Bertz CT molecular complexity index is 904. The normalized spacial score (nSPS) is 38.9. The molecule has 6 rings (SSSR count). The first-order valence-corrected chi connectivity index (χ1v) is 11.6. The highest BCUT2D eigenvalue weighted by atomic mass is 16.2. The molecule has 158 valence electrons. The molecule has 5 fully saturated rings. The molecule has 4 aliphatic carbocycles. The lowest BCUT2D eigenvalue weighted by atomic mass is 9.41. The van der Waals surface area contributed by atoms with Crippen molar-refractivity contribution in [3.05, 3.63) is 47.5 Å². The summed E-state index contributed by atoms with van der Waals surface area (Å²) >= 11 is 0. The Kier molecular flexibility index (Phi) is 4.46. The lowest BCUT2D eigenvalue weighted by molar-refractivity contribution is -0.159. The first-order valence-electron chi connectivity index (χ1n) is 11.6. The second kappa shape index (κ2) is 6.72. The van der Waals surface area contributed by atoms with E-state index in [4.69, 9.17) is 12.2 Å². The summed E-state index contributed by atoms with van der Waals surface area (Å²) in [7, 11) is 0. The standard InChI is InChI=1S/C27H34N2O/c1-4-8-22-19-13-26(21-9-6-5-7-10-21)14-20(22)16-27(15-19,17-26)24(30)29-12-11-23(28)25(2,3)18-29/h1,5-10,19-20,23H,11-18,28H2,2-3H3/t19?,20?,23-,26?,27?/m0/s1. The zero-order valence-electron chi connectivity index (χ0n) is 18.4. The van der Waals surface area contributed by atoms with Crippen molar-refractivity contribution >= 4 is 5.91 Å². The predicted molar refractivity (Wildman–Crippen MR) is 120 cm³/mol. The fourth-order valence-corrected chi connectivity index (χ4v) is 7.53. The second-order valence-electron chi connectivity index (χ2n) is 11.2. The lowest BCUT2D eigenvalue weighted by Crippen LogP contribution is -2.63. The minimum Gasteiger partial charge on any atom is -0.342 e. The van der Waals surface area contributed by atoms with E-state index in [9.17, 15) is 4.79 Å². The molecule has 0 spiro atoms. The van der Waals surface area contributed by atoms with Crippen LogP contribution in [-0.4, -0.2) is 29.9 Å². The van der Waals surface area contributed by atoms with Crippen LogP contribution < -0.4 is 5.73 Å². The third kappa shape index (κ3) is 2.88. The van der Waals surface area contributed by atoms with Gasteiger partial charge in [-0.25, -0.2) is 0 Å². The van der Waals surface area contributed by atoms with E-state index in [0.717, 1.165) is 51.6 Å². The monoisotopic (exact) mass is 402 g/mol. The number of nitrogens with two attached hydrogens (primary N) is 1. The Morgan fingerprint density at radius 3 is 2.43 bits per heavy atom. The van der Waals surface area contributed by atoms with E-state index >= 15 is 0 Å². The minimum atomic E-state index is -0.245. The molecule has 3 nitrogen and oxygen atoms in total. The van der Waals surface area contributed by atoms with E-state index in [-0.39, 0.29) is 22.3 Å². The van der Waals surface area contributed by atoms with Gasteiger partial charge < -0.3 is 10.6 Å². The van der Waals surface area contributed by atoms with E-state index in [1.165, 1.54) is 11.1 Å². The van der Waals surface area contributed by atoms with Crippen LogP contribution >= 0.6 is 0 Å². The van der Waals surface area contributed by atoms with Gasteiger partial charge in [-0.05, 0) is 72.8 Å². The van der Waals surface area contributed by atoms with Crippen LogP contribution in [0.2, 0.25) is 0 Å². The lowest BCUT2D eigenvalue weighted by Gasteiger charge is -2.63. The summed E-state index contributed by atoms with van der Waals surface area (Å²) in [6.07, 6.45) is 13.8. The molecule has 2 unspecified atom stereocenters. The Hall–Kier alpha value is -2.05. The molecule has 1 aromatic carbocycles. The summed E-state index contributed by atoms with van der Waals surface area (Å²) in [6.45, 7) is 5.98. The van der Waals surface area contributed by atoms with E-state index in [1.54, 1.807) is 0 Å². The molecule has 3 atom stereocenters. The second-order valence-corrected chi connectivity index (χ2v) is 11.2. The number of amides is 1. The minimum absolute atomic E-state index is 0.0259. The fraction of sp³-hybridized carbons (Fsp3) is 0.593. The third-order valence-electron chi connectivity index (χ3n) is 8.86. The number of hydrogen-bond donors (Lipinski definition) is 1. The Morgan fingerprint density at radius 1 is 1.17 bits per heavy atom. The van der Waals surface area contributed by atoms with Crippen LogP contribution in [-0.2, 0) is 10.2 Å². The molecule has 1 heterocycles. The van der Waals surface area contributed by atoms with Gasteiger partial charge in [0.25, 0.3) is 0 Å². The van der Waals surface area contributed by atoms with Crippen molar-refractivity contribution in [2.45, 2.75) is 63.8 Å². The smallest absolute Gasteiger partial charge is 0.228 e. The molecule has 1 amide bonds. The van der Waals surface area contributed by atoms with Crippen molar-refractivity contribution in [1.29, 1.82) is 0 Å². The van der Waals surface area contributed by atoms with Gasteiger partial charge in [0.2, 0.25) is 5.91 Å². The summed E-state index contributed by atoms with van der Waals surface area (Å²) in [4.78, 5) is 16.3. The van der Waals surface area contributed by atoms with Gasteiger partial charge in [-0.2, -0.15) is 0 Å². The van der Waals surface area contributed by atoms with Crippen molar-refractivity contribution in [2.24, 2.45) is 28.4 Å². The van der Waals surface area contributed by atoms with Gasteiger partial charge in [-0.1, -0.05) is 55.7 Å². The zero-order valence-corrected chi connectivity index (χ0v) is 18.4. The van der Waals surface area contributed by atoms with Crippen LogP contribution in [0.1, 0.15) is 57.9 Å². The number of piperidine rings is 1. The molecule has 4 bridgehead atoms. The van der Waals surface area contributed by atoms with Crippen molar-refractivity contribution in [2.75, 3.05) is 13.1 Å². The van der Waals surface area contributed by atoms with Crippen molar-refractivity contribution in [1.82, 2.24) is 4.90 Å². The maximum atomic E-state index is 14.1. The zero-order chi connectivity index (χ0) is 21.1. The molecule has 0 radical (unpaired) electrons. The first kappa shape index (κ1) is 19.9. The summed E-state index contributed by atoms with van der Waals surface area (Å²) in [5.41, 5.74) is 9.05. The van der Waals surface area contributed by atoms with Gasteiger partial charge in [0.1, 0.15) is 0 Å². The largest absolute Gasteiger partial charge is 0.342 e. The molecule has 5 aliphatic rings. The Balaban J connectivity index is 1.52. The third-order valence-corrected chi connectivity index (χ3v) is 8.86. The quantitative estimate of drug-likeness (QED) is 0.751. The predicted octanol–water partition coefficient (Wildman–Crippen LogP) is 4.28. The number of carbonyl (C=O) groups excluding carboxylic acids is 1. The number of rotatable bonds is 2. The topological polar surface area (TPSA) is 46.3 Å². The van der Waals surface area contributed by atoms with E-state index in [0.29, 0.717) is 17.7 Å². The summed E-state index contributed by atoms with van der Waals surface area (Å²) in [5.74, 6) is 4.06. The number of nitrogens with zero attached hydrogens (tertiary/aromatic N) is 1.